The van der Waals surface area contributed by atoms with E-state index in [1.807, 2.05) is 18.2 Å². The van der Waals surface area contributed by atoms with Gasteiger partial charge in [0.2, 0.25) is 0 Å². The van der Waals surface area contributed by atoms with Gasteiger partial charge in [-0.2, -0.15) is 0 Å². The van der Waals surface area contributed by atoms with Crippen LogP contribution >= 0.6 is 23.2 Å². The van der Waals surface area contributed by atoms with E-state index in [2.05, 4.69) is 77.6 Å². The molecule has 6 nitrogen and oxygen atoms in total. The molecule has 42 heavy (non-hydrogen) atoms. The number of hydrogen-bond acceptors (Lipinski definition) is 4. The van der Waals surface area contributed by atoms with Gasteiger partial charge in [-0.05, 0) is 50.3 Å². The Kier molecular flexibility index (Phi) is 5.00. The van der Waals surface area contributed by atoms with E-state index in [0.29, 0.717) is 38.7 Å². The number of nitrogens with zero attached hydrogens (tertiary/aromatic N) is 4. The highest BCUT2D eigenvalue weighted by molar-refractivity contribution is 6.48. The molecule has 4 aliphatic rings. The maximum atomic E-state index is 7.11. The molecule has 9 rings (SSSR count). The molecule has 4 heterocycles. The molecule has 2 atom stereocenters. The van der Waals surface area contributed by atoms with Crippen molar-refractivity contribution in [1.82, 2.24) is 9.13 Å². The van der Waals surface area contributed by atoms with Crippen LogP contribution in [0.15, 0.2) is 98.2 Å². The Morgan fingerprint density at radius 2 is 1.50 bits per heavy atom. The monoisotopic (exact) mass is 590 g/mol. The third kappa shape index (κ3) is 3.01. The van der Waals surface area contributed by atoms with Crippen molar-refractivity contribution in [2.45, 2.75) is 39.1 Å². The molecule has 2 aliphatic heterocycles. The molecule has 0 fully saturated rings. The SMILES string of the molecule is CCn1c2c(c3ccccc31)C1OC3=C(Cl)C4=Nc5ccc6c(c5OC4C(Cl)=C3N=C1C=C2)c1ccccc1n6CC. The van der Waals surface area contributed by atoms with E-state index in [9.17, 15) is 0 Å². The summed E-state index contributed by atoms with van der Waals surface area (Å²) < 4.78 is 18.0. The zero-order valence-electron chi connectivity index (χ0n) is 22.9. The van der Waals surface area contributed by atoms with Crippen LogP contribution in [0.4, 0.5) is 5.69 Å². The van der Waals surface area contributed by atoms with Crippen LogP contribution in [0.2, 0.25) is 0 Å². The molecular formula is C34H24Cl2N4O2. The van der Waals surface area contributed by atoms with Gasteiger partial charge in [-0.1, -0.05) is 59.6 Å². The van der Waals surface area contributed by atoms with Gasteiger partial charge >= 0.3 is 0 Å². The van der Waals surface area contributed by atoms with Crippen LogP contribution in [0.5, 0.6) is 5.75 Å². The Labute approximate surface area is 251 Å². The second-order valence-electron chi connectivity index (χ2n) is 10.8. The third-order valence-corrected chi connectivity index (χ3v) is 9.54. The fraction of sp³-hybridized carbons (Fsp3) is 0.176. The van der Waals surface area contributed by atoms with Crippen molar-refractivity contribution in [3.63, 3.8) is 0 Å². The summed E-state index contributed by atoms with van der Waals surface area (Å²) in [6, 6.07) is 20.9. The zero-order valence-corrected chi connectivity index (χ0v) is 24.4. The van der Waals surface area contributed by atoms with Gasteiger partial charge < -0.3 is 18.6 Å². The van der Waals surface area contributed by atoms with Crippen LogP contribution in [-0.4, -0.2) is 26.7 Å². The van der Waals surface area contributed by atoms with Gasteiger partial charge in [0.15, 0.2) is 23.7 Å². The molecule has 0 bridgehead atoms. The number of benzene rings is 3. The highest BCUT2D eigenvalue weighted by Crippen LogP contribution is 2.51. The second-order valence-corrected chi connectivity index (χ2v) is 11.6. The van der Waals surface area contributed by atoms with E-state index in [1.54, 1.807) is 0 Å². The minimum absolute atomic E-state index is 0.374. The van der Waals surface area contributed by atoms with E-state index >= 15 is 0 Å². The average Bonchev–Trinajstić information content (AvgIpc) is 3.54. The Morgan fingerprint density at radius 1 is 0.762 bits per heavy atom. The van der Waals surface area contributed by atoms with Crippen LogP contribution < -0.4 is 4.74 Å². The van der Waals surface area contributed by atoms with Gasteiger partial charge in [-0.15, -0.1) is 0 Å². The number of aryl methyl sites for hydroxylation is 2. The highest BCUT2D eigenvalue weighted by atomic mass is 35.5. The molecule has 0 saturated heterocycles. The molecule has 2 aromatic heterocycles. The minimum atomic E-state index is -0.686. The molecule has 0 spiro atoms. The van der Waals surface area contributed by atoms with E-state index in [0.717, 1.165) is 57.3 Å². The van der Waals surface area contributed by atoms with Crippen molar-refractivity contribution in [3.8, 4) is 5.75 Å². The van der Waals surface area contributed by atoms with Crippen molar-refractivity contribution in [3.05, 3.63) is 99.5 Å². The zero-order chi connectivity index (χ0) is 28.3. The van der Waals surface area contributed by atoms with Gasteiger partial charge in [0.25, 0.3) is 0 Å². The first kappa shape index (κ1) is 24.3. The number of para-hydroxylation sites is 2. The average molecular weight is 591 g/mol. The smallest absolute Gasteiger partial charge is 0.180 e. The maximum absolute atomic E-state index is 7.11. The van der Waals surface area contributed by atoms with Crippen LogP contribution in [0.3, 0.4) is 0 Å². The largest absolute Gasteiger partial charge is 0.475 e. The molecule has 0 N–H and O–H groups in total. The normalized spacial score (nSPS) is 20.5. The lowest BCUT2D eigenvalue weighted by atomic mass is 9.93. The second kappa shape index (κ2) is 8.63. The van der Waals surface area contributed by atoms with E-state index < -0.39 is 12.2 Å². The van der Waals surface area contributed by atoms with Gasteiger partial charge in [0, 0.05) is 46.2 Å². The number of hydrogen-bond donors (Lipinski definition) is 0. The summed E-state index contributed by atoms with van der Waals surface area (Å²) in [5, 5.41) is 4.07. The Bertz CT molecular complexity index is 2210. The summed E-state index contributed by atoms with van der Waals surface area (Å²) in [5.41, 5.74) is 8.15. The lowest BCUT2D eigenvalue weighted by Gasteiger charge is -2.35. The lowest BCUT2D eigenvalue weighted by molar-refractivity contribution is 0.169. The van der Waals surface area contributed by atoms with Gasteiger partial charge in [-0.25, -0.2) is 9.98 Å². The van der Waals surface area contributed by atoms with Crippen LogP contribution in [0, 0.1) is 0 Å². The first-order valence-corrected chi connectivity index (χ1v) is 15.0. The van der Waals surface area contributed by atoms with Crippen molar-refractivity contribution in [2.24, 2.45) is 9.98 Å². The number of aromatic nitrogens is 2. The summed E-state index contributed by atoms with van der Waals surface area (Å²) in [6.45, 7) is 5.99. The molecule has 0 amide bonds. The summed E-state index contributed by atoms with van der Waals surface area (Å²) in [5.74, 6) is 1.14. The van der Waals surface area contributed by atoms with E-state index in [1.165, 1.54) is 5.52 Å². The number of rotatable bonds is 2. The minimum Gasteiger partial charge on any atom is -0.475 e. The van der Waals surface area contributed by atoms with Gasteiger partial charge in [-0.3, -0.25) is 0 Å². The number of ether oxygens (including phenoxy) is 2. The standard InChI is InChI=1S/C34H24Cl2N4O2/c1-3-39-21-11-7-5-9-17(21)25-23(39)15-13-19-31(25)41-33-27(35)30-34(28(36)29(33)37-19)42-32-20(38-30)14-16-24-26(32)18-10-6-8-12-22(18)40(24)4-2/h5-16,31,34H,3-4H2,1-2H3. The van der Waals surface area contributed by atoms with Crippen molar-refractivity contribution < 1.29 is 9.47 Å². The molecule has 5 aromatic rings. The molecule has 3 aromatic carbocycles. The number of fused-ring (bicyclic) bond motifs is 12. The fourth-order valence-electron chi connectivity index (χ4n) is 7.01. The molecule has 0 radical (unpaired) electrons. The molecular weight excluding hydrogens is 567 g/mol. The summed E-state index contributed by atoms with van der Waals surface area (Å²) >= 11 is 14.2. The number of aliphatic imine (C=N–C) groups is 2. The van der Waals surface area contributed by atoms with Crippen LogP contribution in [0.25, 0.3) is 38.8 Å². The Hall–Kier alpha value is -4.26. The van der Waals surface area contributed by atoms with Crippen LogP contribution in [0.1, 0.15) is 31.2 Å². The first-order chi connectivity index (χ1) is 20.6. The van der Waals surface area contributed by atoms with Crippen molar-refractivity contribution >= 4 is 79.1 Å². The maximum Gasteiger partial charge on any atom is 0.180 e. The fourth-order valence-corrected chi connectivity index (χ4v) is 7.57. The predicted octanol–water partition coefficient (Wildman–Crippen LogP) is 8.78. The topological polar surface area (TPSA) is 53.0 Å². The number of halogens is 2. The Balaban J connectivity index is 1.23. The van der Waals surface area contributed by atoms with Gasteiger partial charge in [0.05, 0.1) is 21.6 Å². The third-order valence-electron chi connectivity index (χ3n) is 8.79. The first-order valence-electron chi connectivity index (χ1n) is 14.2. The highest BCUT2D eigenvalue weighted by Gasteiger charge is 2.44. The van der Waals surface area contributed by atoms with Crippen molar-refractivity contribution in [1.29, 1.82) is 0 Å². The predicted molar refractivity (Wildman–Crippen MR) is 170 cm³/mol. The van der Waals surface area contributed by atoms with Crippen molar-refractivity contribution in [2.75, 3.05) is 0 Å². The lowest BCUT2D eigenvalue weighted by Crippen LogP contribution is -2.37. The molecule has 206 valence electrons. The van der Waals surface area contributed by atoms with Crippen LogP contribution in [-0.2, 0) is 17.8 Å². The molecule has 2 unspecified atom stereocenters. The quantitative estimate of drug-likeness (QED) is 0.206. The molecule has 2 aliphatic carbocycles. The molecule has 8 heteroatoms. The summed E-state index contributed by atoms with van der Waals surface area (Å²) in [7, 11) is 0. The Morgan fingerprint density at radius 3 is 2.29 bits per heavy atom. The molecule has 0 saturated carbocycles. The summed E-state index contributed by atoms with van der Waals surface area (Å²) in [6.07, 6.45) is 3.04. The summed E-state index contributed by atoms with van der Waals surface area (Å²) in [4.78, 5) is 10.1. The van der Waals surface area contributed by atoms with E-state index in [4.69, 9.17) is 42.7 Å². The van der Waals surface area contributed by atoms with E-state index in [-0.39, 0.29) is 0 Å². The van der Waals surface area contributed by atoms with Gasteiger partial charge in [0.1, 0.15) is 22.1 Å².